The van der Waals surface area contributed by atoms with Gasteiger partial charge < -0.3 is 9.52 Å². The second-order valence-corrected chi connectivity index (χ2v) is 4.17. The summed E-state index contributed by atoms with van der Waals surface area (Å²) in [6.45, 7) is 0.0667. The maximum Gasteiger partial charge on any atom is 0.123 e. The van der Waals surface area contributed by atoms with Gasteiger partial charge in [-0.1, -0.05) is 12.1 Å². The van der Waals surface area contributed by atoms with Gasteiger partial charge >= 0.3 is 0 Å². The Morgan fingerprint density at radius 1 is 1.18 bits per heavy atom. The van der Waals surface area contributed by atoms with E-state index in [1.807, 2.05) is 18.2 Å². The minimum atomic E-state index is -0.239. The van der Waals surface area contributed by atoms with Crippen molar-refractivity contribution in [2.24, 2.45) is 5.92 Å². The molecular formula is C14H15FO2. The molecule has 2 nitrogen and oxygen atoms in total. The lowest BCUT2D eigenvalue weighted by molar-refractivity contribution is 0.219. The summed E-state index contributed by atoms with van der Waals surface area (Å²) in [6, 6.07) is 10.2. The first-order valence-electron chi connectivity index (χ1n) is 5.65. The van der Waals surface area contributed by atoms with Crippen LogP contribution in [0, 0.1) is 11.7 Å². The van der Waals surface area contributed by atoms with Crippen LogP contribution in [0.15, 0.2) is 47.1 Å². The molecule has 1 N–H and O–H groups in total. The van der Waals surface area contributed by atoms with E-state index in [0.717, 1.165) is 11.3 Å². The van der Waals surface area contributed by atoms with Crippen LogP contribution in [0.4, 0.5) is 4.39 Å². The van der Waals surface area contributed by atoms with E-state index in [1.54, 1.807) is 12.3 Å². The molecule has 0 fully saturated rings. The largest absolute Gasteiger partial charge is 0.469 e. The van der Waals surface area contributed by atoms with Crippen LogP contribution < -0.4 is 0 Å². The summed E-state index contributed by atoms with van der Waals surface area (Å²) in [7, 11) is 0. The van der Waals surface area contributed by atoms with Crippen molar-refractivity contribution >= 4 is 0 Å². The molecule has 3 heteroatoms. The second-order valence-electron chi connectivity index (χ2n) is 4.17. The molecule has 0 aliphatic carbocycles. The molecule has 1 unspecified atom stereocenters. The van der Waals surface area contributed by atoms with Gasteiger partial charge in [-0.15, -0.1) is 0 Å². The van der Waals surface area contributed by atoms with Crippen LogP contribution in [0.1, 0.15) is 11.3 Å². The standard InChI is InChI=1S/C14H15FO2/c15-13-4-1-3-11(8-13)7-12(10-16)9-14-5-2-6-17-14/h1-6,8,12,16H,7,9-10H2. The van der Waals surface area contributed by atoms with Crippen molar-refractivity contribution in [2.45, 2.75) is 12.8 Å². The van der Waals surface area contributed by atoms with E-state index in [2.05, 4.69) is 0 Å². The Kier molecular flexibility index (Phi) is 3.94. The number of aliphatic hydroxyl groups is 1. The molecule has 1 heterocycles. The van der Waals surface area contributed by atoms with E-state index in [1.165, 1.54) is 12.1 Å². The third-order valence-corrected chi connectivity index (χ3v) is 2.74. The molecule has 0 radical (unpaired) electrons. The third kappa shape index (κ3) is 3.43. The summed E-state index contributed by atoms with van der Waals surface area (Å²) < 4.78 is 18.3. The summed E-state index contributed by atoms with van der Waals surface area (Å²) >= 11 is 0. The van der Waals surface area contributed by atoms with Gasteiger partial charge in [-0.25, -0.2) is 4.39 Å². The number of hydrogen-bond donors (Lipinski definition) is 1. The molecule has 2 aromatic rings. The molecule has 0 aliphatic heterocycles. The van der Waals surface area contributed by atoms with Gasteiger partial charge in [0.15, 0.2) is 0 Å². The molecule has 0 saturated carbocycles. The first-order valence-corrected chi connectivity index (χ1v) is 5.65. The Morgan fingerprint density at radius 2 is 2.06 bits per heavy atom. The van der Waals surface area contributed by atoms with Crippen molar-refractivity contribution < 1.29 is 13.9 Å². The second kappa shape index (κ2) is 5.64. The molecule has 1 atom stereocenters. The van der Waals surface area contributed by atoms with E-state index >= 15 is 0 Å². The number of halogens is 1. The van der Waals surface area contributed by atoms with Crippen molar-refractivity contribution in [3.8, 4) is 0 Å². The van der Waals surface area contributed by atoms with Gasteiger partial charge in [0.2, 0.25) is 0 Å². The van der Waals surface area contributed by atoms with E-state index in [4.69, 9.17) is 4.42 Å². The Hall–Kier alpha value is -1.61. The Labute approximate surface area is 99.7 Å². The Balaban J connectivity index is 2.00. The summed E-state index contributed by atoms with van der Waals surface area (Å²) in [6.07, 6.45) is 2.93. The fourth-order valence-electron chi connectivity index (χ4n) is 1.91. The SMILES string of the molecule is OCC(Cc1cccc(F)c1)Cc1ccco1. The van der Waals surface area contributed by atoms with Crippen molar-refractivity contribution in [2.75, 3.05) is 6.61 Å². The summed E-state index contributed by atoms with van der Waals surface area (Å²) in [5, 5.41) is 9.32. The molecule has 90 valence electrons. The van der Waals surface area contributed by atoms with E-state index in [-0.39, 0.29) is 18.3 Å². The molecule has 2 rings (SSSR count). The third-order valence-electron chi connectivity index (χ3n) is 2.74. The smallest absolute Gasteiger partial charge is 0.123 e. The average molecular weight is 234 g/mol. The molecule has 0 saturated heterocycles. The van der Waals surface area contributed by atoms with Gasteiger partial charge in [0.25, 0.3) is 0 Å². The van der Waals surface area contributed by atoms with E-state index in [9.17, 15) is 9.50 Å². The quantitative estimate of drug-likeness (QED) is 0.863. The van der Waals surface area contributed by atoms with Gasteiger partial charge in [-0.3, -0.25) is 0 Å². The summed E-state index contributed by atoms with van der Waals surface area (Å²) in [5.41, 5.74) is 0.899. The number of aliphatic hydroxyl groups excluding tert-OH is 1. The van der Waals surface area contributed by atoms with Crippen molar-refractivity contribution in [3.63, 3.8) is 0 Å². The van der Waals surface area contributed by atoms with Gasteiger partial charge in [-0.2, -0.15) is 0 Å². The van der Waals surface area contributed by atoms with Crippen molar-refractivity contribution in [1.29, 1.82) is 0 Å². The summed E-state index contributed by atoms with van der Waals surface area (Å²) in [4.78, 5) is 0. The highest BCUT2D eigenvalue weighted by molar-refractivity contribution is 5.17. The lowest BCUT2D eigenvalue weighted by Gasteiger charge is -2.12. The first kappa shape index (κ1) is 11.9. The molecule has 17 heavy (non-hydrogen) atoms. The van der Waals surface area contributed by atoms with Gasteiger partial charge in [0.05, 0.1) is 6.26 Å². The summed E-state index contributed by atoms with van der Waals surface area (Å²) in [5.74, 6) is 0.667. The molecule has 1 aromatic heterocycles. The van der Waals surface area contributed by atoms with E-state index in [0.29, 0.717) is 12.8 Å². The van der Waals surface area contributed by atoms with Crippen LogP contribution >= 0.6 is 0 Å². The fourth-order valence-corrected chi connectivity index (χ4v) is 1.91. The van der Waals surface area contributed by atoms with Crippen LogP contribution in [0.2, 0.25) is 0 Å². The molecule has 0 spiro atoms. The number of benzene rings is 1. The zero-order chi connectivity index (χ0) is 12.1. The molecule has 0 amide bonds. The lowest BCUT2D eigenvalue weighted by Crippen LogP contribution is -2.12. The van der Waals surface area contributed by atoms with Gasteiger partial charge in [-0.05, 0) is 42.2 Å². The average Bonchev–Trinajstić information content (AvgIpc) is 2.81. The molecular weight excluding hydrogens is 219 g/mol. The highest BCUT2D eigenvalue weighted by atomic mass is 19.1. The zero-order valence-corrected chi connectivity index (χ0v) is 9.47. The molecule has 0 aliphatic rings. The van der Waals surface area contributed by atoms with Crippen LogP contribution in [0.3, 0.4) is 0 Å². The van der Waals surface area contributed by atoms with Crippen LogP contribution in [0.25, 0.3) is 0 Å². The maximum atomic E-state index is 13.0. The predicted octanol–water partition coefficient (Wildman–Crippen LogP) is 2.81. The highest BCUT2D eigenvalue weighted by Gasteiger charge is 2.11. The van der Waals surface area contributed by atoms with Crippen LogP contribution in [0.5, 0.6) is 0 Å². The normalized spacial score (nSPS) is 12.6. The Bertz CT molecular complexity index is 451. The number of furan rings is 1. The van der Waals surface area contributed by atoms with Crippen LogP contribution in [-0.2, 0) is 12.8 Å². The highest BCUT2D eigenvalue weighted by Crippen LogP contribution is 2.15. The minimum Gasteiger partial charge on any atom is -0.469 e. The van der Waals surface area contributed by atoms with Crippen molar-refractivity contribution in [1.82, 2.24) is 0 Å². The maximum absolute atomic E-state index is 13.0. The lowest BCUT2D eigenvalue weighted by atomic mass is 9.96. The molecule has 0 bridgehead atoms. The van der Waals surface area contributed by atoms with Crippen LogP contribution in [-0.4, -0.2) is 11.7 Å². The number of rotatable bonds is 5. The number of hydrogen-bond acceptors (Lipinski definition) is 2. The van der Waals surface area contributed by atoms with Gasteiger partial charge in [0, 0.05) is 13.0 Å². The van der Waals surface area contributed by atoms with E-state index < -0.39 is 0 Å². The monoisotopic (exact) mass is 234 g/mol. The fraction of sp³-hybridized carbons (Fsp3) is 0.286. The Morgan fingerprint density at radius 3 is 2.71 bits per heavy atom. The zero-order valence-electron chi connectivity index (χ0n) is 9.47. The van der Waals surface area contributed by atoms with Crippen molar-refractivity contribution in [3.05, 3.63) is 59.8 Å². The topological polar surface area (TPSA) is 33.4 Å². The molecule has 1 aromatic carbocycles. The first-order chi connectivity index (χ1) is 8.28. The minimum absolute atomic E-state index is 0.0583. The predicted molar refractivity (Wildman–Crippen MR) is 63.1 cm³/mol. The van der Waals surface area contributed by atoms with Gasteiger partial charge in [0.1, 0.15) is 11.6 Å².